The third-order valence-electron chi connectivity index (χ3n) is 4.97. The molecule has 8 nitrogen and oxygen atoms in total. The van der Waals surface area contributed by atoms with Gasteiger partial charge in [-0.25, -0.2) is 9.18 Å². The van der Waals surface area contributed by atoms with Crippen LogP contribution in [-0.4, -0.2) is 82.7 Å². The summed E-state index contributed by atoms with van der Waals surface area (Å²) in [5.74, 6) is -1.64. The first-order valence-corrected chi connectivity index (χ1v) is 9.04. The van der Waals surface area contributed by atoms with Crippen molar-refractivity contribution in [3.05, 3.63) is 23.3 Å². The molecule has 2 aliphatic heterocycles. The number of halogens is 1. The van der Waals surface area contributed by atoms with Gasteiger partial charge in [-0.2, -0.15) is 0 Å². The second-order valence-corrected chi connectivity index (χ2v) is 7.17. The molecule has 0 spiro atoms. The lowest BCUT2D eigenvalue weighted by Crippen LogP contribution is -2.56. The van der Waals surface area contributed by atoms with Gasteiger partial charge in [-0.05, 0) is 30.8 Å². The summed E-state index contributed by atoms with van der Waals surface area (Å²) in [7, 11) is -1.53. The van der Waals surface area contributed by atoms with E-state index in [0.717, 1.165) is 6.54 Å². The molecule has 27 heavy (non-hydrogen) atoms. The summed E-state index contributed by atoms with van der Waals surface area (Å²) in [6.07, 6.45) is -0.377. The molecule has 2 saturated heterocycles. The van der Waals surface area contributed by atoms with Crippen LogP contribution in [0.25, 0.3) is 0 Å². The largest absolute Gasteiger partial charge is 0.507 e. The number of ether oxygens (including phenoxy) is 1. The summed E-state index contributed by atoms with van der Waals surface area (Å²) < 4.78 is 18.9. The SMILES string of the molecule is O=C(O)c1c(OC2CN(C[C@@H]3C[C@H](F)CN3)C2)ccc(CCB(O)O)c1O. The number of carbonyl (C=O) groups is 1. The number of rotatable bonds is 8. The van der Waals surface area contributed by atoms with Crippen LogP contribution < -0.4 is 10.1 Å². The highest BCUT2D eigenvalue weighted by atomic mass is 19.1. The predicted molar refractivity (Wildman–Crippen MR) is 95.9 cm³/mol. The zero-order chi connectivity index (χ0) is 19.6. The zero-order valence-corrected chi connectivity index (χ0v) is 14.8. The first-order chi connectivity index (χ1) is 12.8. The summed E-state index contributed by atoms with van der Waals surface area (Å²) in [5, 5.41) is 40.7. The number of carboxylic acid groups (broad SMARTS) is 1. The molecule has 1 aromatic rings. The molecule has 0 saturated carbocycles. The standard InChI is InChI=1S/C17H24BFN2O6/c19-11-5-12(20-6-11)7-21-8-13(9-21)27-14-2-1-10(3-4-18(25)26)16(22)15(14)17(23)24/h1-2,11-13,20,22,25-26H,3-9H2,(H,23,24)/t11-,12-/m0/s1. The Labute approximate surface area is 156 Å². The van der Waals surface area contributed by atoms with Crippen LogP contribution in [0.2, 0.25) is 6.32 Å². The fraction of sp³-hybridized carbons (Fsp3) is 0.588. The maximum absolute atomic E-state index is 13.2. The predicted octanol–water partition coefficient (Wildman–Crippen LogP) is -0.131. The lowest BCUT2D eigenvalue weighted by Gasteiger charge is -2.40. The molecule has 0 bridgehead atoms. The molecule has 0 aromatic heterocycles. The van der Waals surface area contributed by atoms with E-state index < -0.39 is 25.0 Å². The normalized spacial score (nSPS) is 23.2. The van der Waals surface area contributed by atoms with Crippen molar-refractivity contribution in [3.8, 4) is 11.5 Å². The third kappa shape index (κ3) is 4.89. The van der Waals surface area contributed by atoms with Gasteiger partial charge in [0.1, 0.15) is 29.3 Å². The van der Waals surface area contributed by atoms with Gasteiger partial charge in [0.25, 0.3) is 0 Å². The van der Waals surface area contributed by atoms with Gasteiger partial charge in [0, 0.05) is 32.2 Å². The number of aryl methyl sites for hydroxylation is 1. The number of nitrogens with one attached hydrogen (secondary N) is 1. The lowest BCUT2D eigenvalue weighted by molar-refractivity contribution is 0.0140. The zero-order valence-electron chi connectivity index (χ0n) is 14.8. The van der Waals surface area contributed by atoms with Gasteiger partial charge in [0.2, 0.25) is 0 Å². The number of alkyl halides is 1. The van der Waals surface area contributed by atoms with Crippen molar-refractivity contribution < 1.29 is 34.2 Å². The smallest absolute Gasteiger partial charge is 0.451 e. The Morgan fingerprint density at radius 1 is 1.37 bits per heavy atom. The van der Waals surface area contributed by atoms with Crippen molar-refractivity contribution in [1.29, 1.82) is 0 Å². The van der Waals surface area contributed by atoms with Gasteiger partial charge in [-0.15, -0.1) is 0 Å². The van der Waals surface area contributed by atoms with Gasteiger partial charge in [-0.3, -0.25) is 4.90 Å². The maximum atomic E-state index is 13.2. The second kappa shape index (κ2) is 8.43. The van der Waals surface area contributed by atoms with E-state index in [2.05, 4.69) is 10.2 Å². The number of aromatic hydroxyl groups is 1. The van der Waals surface area contributed by atoms with Gasteiger partial charge < -0.3 is 30.3 Å². The molecular weight excluding hydrogens is 358 g/mol. The van der Waals surface area contributed by atoms with Crippen molar-refractivity contribution in [3.63, 3.8) is 0 Å². The van der Waals surface area contributed by atoms with Gasteiger partial charge in [0.15, 0.2) is 0 Å². The molecule has 148 valence electrons. The number of likely N-dealkylation sites (tertiary alicyclic amines) is 1. The maximum Gasteiger partial charge on any atom is 0.451 e. The average Bonchev–Trinajstić information content (AvgIpc) is 2.96. The Bertz CT molecular complexity index is 686. The molecule has 5 N–H and O–H groups in total. The molecule has 1 aromatic carbocycles. The monoisotopic (exact) mass is 382 g/mol. The van der Waals surface area contributed by atoms with Crippen LogP contribution >= 0.6 is 0 Å². The molecule has 2 fully saturated rings. The van der Waals surface area contributed by atoms with Crippen LogP contribution in [0, 0.1) is 0 Å². The van der Waals surface area contributed by atoms with Crippen LogP contribution in [-0.2, 0) is 6.42 Å². The highest BCUT2D eigenvalue weighted by Crippen LogP contribution is 2.34. The lowest BCUT2D eigenvalue weighted by atomic mass is 9.82. The highest BCUT2D eigenvalue weighted by molar-refractivity contribution is 6.41. The van der Waals surface area contributed by atoms with E-state index in [1.165, 1.54) is 12.1 Å². The first-order valence-electron chi connectivity index (χ1n) is 9.04. The average molecular weight is 382 g/mol. The van der Waals surface area contributed by atoms with Crippen molar-refractivity contribution in [1.82, 2.24) is 10.2 Å². The Hall–Kier alpha value is -1.88. The number of hydrogen-bond donors (Lipinski definition) is 5. The highest BCUT2D eigenvalue weighted by Gasteiger charge is 2.34. The number of aromatic carboxylic acids is 1. The molecule has 2 atom stereocenters. The number of phenols is 1. The van der Waals surface area contributed by atoms with E-state index in [9.17, 15) is 19.4 Å². The molecule has 0 amide bonds. The summed E-state index contributed by atoms with van der Waals surface area (Å²) in [4.78, 5) is 13.7. The number of nitrogens with zero attached hydrogens (tertiary/aromatic N) is 1. The van der Waals surface area contributed by atoms with E-state index in [4.69, 9.17) is 14.8 Å². The fourth-order valence-corrected chi connectivity index (χ4v) is 3.55. The van der Waals surface area contributed by atoms with E-state index in [-0.39, 0.29) is 36.2 Å². The summed E-state index contributed by atoms with van der Waals surface area (Å²) in [5.41, 5.74) is -0.00715. The molecular formula is C17H24BFN2O6. The second-order valence-electron chi connectivity index (χ2n) is 7.17. The number of benzene rings is 1. The fourth-order valence-electron chi connectivity index (χ4n) is 3.55. The molecule has 0 unspecified atom stereocenters. The van der Waals surface area contributed by atoms with Crippen LogP contribution in [0.1, 0.15) is 22.3 Å². The van der Waals surface area contributed by atoms with Crippen molar-refractivity contribution >= 4 is 13.1 Å². The number of carboxylic acids is 1. The van der Waals surface area contributed by atoms with E-state index >= 15 is 0 Å². The van der Waals surface area contributed by atoms with Crippen molar-refractivity contribution in [2.45, 2.75) is 37.5 Å². The Kier molecular flexibility index (Phi) is 6.20. The van der Waals surface area contributed by atoms with Crippen LogP contribution in [0.4, 0.5) is 4.39 Å². The molecule has 2 heterocycles. The number of hydrogen-bond acceptors (Lipinski definition) is 7. The molecule has 2 aliphatic rings. The van der Waals surface area contributed by atoms with E-state index in [1.807, 2.05) is 0 Å². The molecule has 0 radical (unpaired) electrons. The minimum absolute atomic E-state index is 0.0145. The van der Waals surface area contributed by atoms with Crippen molar-refractivity contribution in [2.24, 2.45) is 0 Å². The Balaban J connectivity index is 1.58. The molecule has 0 aliphatic carbocycles. The third-order valence-corrected chi connectivity index (χ3v) is 4.97. The quantitative estimate of drug-likeness (QED) is 0.394. The van der Waals surface area contributed by atoms with Gasteiger partial charge in [0.05, 0.1) is 0 Å². The Morgan fingerprint density at radius 3 is 2.70 bits per heavy atom. The van der Waals surface area contributed by atoms with Crippen molar-refractivity contribution in [2.75, 3.05) is 26.2 Å². The van der Waals surface area contributed by atoms with Crippen LogP contribution in [0.15, 0.2) is 12.1 Å². The molecule has 3 rings (SSSR count). The van der Waals surface area contributed by atoms with E-state index in [1.54, 1.807) is 0 Å². The summed E-state index contributed by atoms with van der Waals surface area (Å²) in [6, 6.07) is 3.14. The van der Waals surface area contributed by atoms with Gasteiger partial charge >= 0.3 is 13.1 Å². The first kappa shape index (κ1) is 19.9. The van der Waals surface area contributed by atoms with Crippen LogP contribution in [0.3, 0.4) is 0 Å². The summed E-state index contributed by atoms with van der Waals surface area (Å²) >= 11 is 0. The topological polar surface area (TPSA) is 122 Å². The Morgan fingerprint density at radius 2 is 2.11 bits per heavy atom. The summed E-state index contributed by atoms with van der Waals surface area (Å²) in [6.45, 7) is 2.32. The van der Waals surface area contributed by atoms with Gasteiger partial charge in [-0.1, -0.05) is 6.07 Å². The minimum atomic E-state index is -1.53. The van der Waals surface area contributed by atoms with Crippen LogP contribution in [0.5, 0.6) is 11.5 Å². The molecule has 10 heteroatoms. The minimum Gasteiger partial charge on any atom is -0.507 e. The van der Waals surface area contributed by atoms with E-state index in [0.29, 0.717) is 31.6 Å².